The Labute approximate surface area is 132 Å². The molecule has 0 amide bonds. The Hall–Kier alpha value is -1.52. The first-order chi connectivity index (χ1) is 9.90. The molecule has 2 aromatic rings. The van der Waals surface area contributed by atoms with E-state index in [1.165, 1.54) is 0 Å². The molecule has 1 aliphatic heterocycles. The van der Waals surface area contributed by atoms with Gasteiger partial charge in [-0.15, -0.1) is 0 Å². The Kier molecular flexibility index (Phi) is 3.46. The summed E-state index contributed by atoms with van der Waals surface area (Å²) in [6, 6.07) is 7.19. The Morgan fingerprint density at radius 1 is 1.29 bits per heavy atom. The highest BCUT2D eigenvalue weighted by molar-refractivity contribution is 6.39. The summed E-state index contributed by atoms with van der Waals surface area (Å²) in [4.78, 5) is 17.9. The molecule has 1 unspecified atom stereocenters. The Morgan fingerprint density at radius 3 is 2.67 bits per heavy atom. The Balaban J connectivity index is 2.00. The second kappa shape index (κ2) is 5.04. The SMILES string of the molecule is CC1(C(=O)O)CCN(c2ccc3c(Cl)ccc(Cl)c3n2)C1. The number of hydrogen-bond donors (Lipinski definition) is 1. The predicted octanol–water partition coefficient (Wildman–Crippen LogP) is 3.84. The number of benzene rings is 1. The van der Waals surface area contributed by atoms with Crippen molar-refractivity contribution in [2.75, 3.05) is 18.0 Å². The number of fused-ring (bicyclic) bond motifs is 1. The van der Waals surface area contributed by atoms with Crippen LogP contribution in [0.1, 0.15) is 13.3 Å². The third-order valence-electron chi connectivity index (χ3n) is 4.05. The van der Waals surface area contributed by atoms with Crippen LogP contribution < -0.4 is 4.90 Å². The zero-order valence-electron chi connectivity index (χ0n) is 11.4. The highest BCUT2D eigenvalue weighted by Crippen LogP contribution is 2.35. The maximum Gasteiger partial charge on any atom is 0.311 e. The van der Waals surface area contributed by atoms with E-state index in [9.17, 15) is 9.90 Å². The van der Waals surface area contributed by atoms with Gasteiger partial charge in [-0.2, -0.15) is 0 Å². The monoisotopic (exact) mass is 324 g/mol. The number of carbonyl (C=O) groups is 1. The summed E-state index contributed by atoms with van der Waals surface area (Å²) >= 11 is 12.3. The first-order valence-electron chi connectivity index (χ1n) is 6.64. The minimum atomic E-state index is -0.771. The number of aliphatic carboxylic acids is 1. The topological polar surface area (TPSA) is 53.4 Å². The van der Waals surface area contributed by atoms with Gasteiger partial charge in [0.15, 0.2) is 0 Å². The van der Waals surface area contributed by atoms with E-state index in [0.717, 1.165) is 11.2 Å². The van der Waals surface area contributed by atoms with E-state index in [1.54, 1.807) is 19.1 Å². The van der Waals surface area contributed by atoms with Crippen molar-refractivity contribution >= 4 is 45.9 Å². The van der Waals surface area contributed by atoms with E-state index in [1.807, 2.05) is 17.0 Å². The van der Waals surface area contributed by atoms with Crippen molar-refractivity contribution in [3.05, 3.63) is 34.3 Å². The van der Waals surface area contributed by atoms with E-state index >= 15 is 0 Å². The van der Waals surface area contributed by atoms with Gasteiger partial charge in [-0.05, 0) is 37.6 Å². The molecule has 4 nitrogen and oxygen atoms in total. The van der Waals surface area contributed by atoms with Gasteiger partial charge in [-0.25, -0.2) is 4.98 Å². The van der Waals surface area contributed by atoms with Crippen molar-refractivity contribution in [1.82, 2.24) is 4.98 Å². The lowest BCUT2D eigenvalue weighted by molar-refractivity contribution is -0.146. The number of nitrogens with zero attached hydrogens (tertiary/aromatic N) is 2. The van der Waals surface area contributed by atoms with Crippen LogP contribution in [0.15, 0.2) is 24.3 Å². The fourth-order valence-electron chi connectivity index (χ4n) is 2.65. The summed E-state index contributed by atoms with van der Waals surface area (Å²) < 4.78 is 0. The molecular formula is C15H14Cl2N2O2. The molecule has 1 aromatic carbocycles. The first kappa shape index (κ1) is 14.4. The molecule has 1 aromatic heterocycles. The van der Waals surface area contributed by atoms with Gasteiger partial charge in [0.2, 0.25) is 0 Å². The summed E-state index contributed by atoms with van der Waals surface area (Å²) in [7, 11) is 0. The van der Waals surface area contributed by atoms with Gasteiger partial charge in [0.25, 0.3) is 0 Å². The minimum absolute atomic E-state index is 0.443. The number of rotatable bonds is 2. The minimum Gasteiger partial charge on any atom is -0.481 e. The van der Waals surface area contributed by atoms with Gasteiger partial charge in [0.05, 0.1) is 21.0 Å². The number of halogens is 2. The van der Waals surface area contributed by atoms with Gasteiger partial charge >= 0.3 is 5.97 Å². The number of hydrogen-bond acceptors (Lipinski definition) is 3. The molecule has 110 valence electrons. The third-order valence-corrected chi connectivity index (χ3v) is 4.69. The zero-order chi connectivity index (χ0) is 15.2. The fourth-order valence-corrected chi connectivity index (χ4v) is 3.07. The van der Waals surface area contributed by atoms with E-state index in [-0.39, 0.29) is 0 Å². The van der Waals surface area contributed by atoms with Crippen molar-refractivity contribution in [3.63, 3.8) is 0 Å². The zero-order valence-corrected chi connectivity index (χ0v) is 12.9. The molecule has 3 rings (SSSR count). The number of anilines is 1. The van der Waals surface area contributed by atoms with Crippen LogP contribution in [0.25, 0.3) is 10.9 Å². The molecule has 2 heterocycles. The highest BCUT2D eigenvalue weighted by atomic mass is 35.5. The van der Waals surface area contributed by atoms with Crippen molar-refractivity contribution < 1.29 is 9.90 Å². The smallest absolute Gasteiger partial charge is 0.311 e. The standard InChI is InChI=1S/C15H14Cl2N2O2/c1-15(14(20)21)6-7-19(8-15)12-5-2-9-10(16)3-4-11(17)13(9)18-12/h2-5H,6-8H2,1H3,(H,20,21). The van der Waals surface area contributed by atoms with Crippen molar-refractivity contribution in [3.8, 4) is 0 Å². The lowest BCUT2D eigenvalue weighted by Gasteiger charge is -2.21. The van der Waals surface area contributed by atoms with Crippen LogP contribution in [-0.2, 0) is 4.79 Å². The first-order valence-corrected chi connectivity index (χ1v) is 7.39. The number of pyridine rings is 1. The maximum absolute atomic E-state index is 11.3. The number of aromatic nitrogens is 1. The molecule has 1 fully saturated rings. The molecule has 1 saturated heterocycles. The lowest BCUT2D eigenvalue weighted by Crippen LogP contribution is -2.31. The summed E-state index contributed by atoms with van der Waals surface area (Å²) in [5.41, 5.74) is -0.0833. The summed E-state index contributed by atoms with van der Waals surface area (Å²) in [5.74, 6) is -0.0384. The quantitative estimate of drug-likeness (QED) is 0.911. The lowest BCUT2D eigenvalue weighted by atomic mass is 9.90. The molecule has 1 atom stereocenters. The van der Waals surface area contributed by atoms with Crippen LogP contribution in [0, 0.1) is 5.41 Å². The Bertz CT molecular complexity index is 735. The molecule has 0 spiro atoms. The maximum atomic E-state index is 11.3. The second-order valence-electron chi connectivity index (χ2n) is 5.63. The number of carboxylic acid groups (broad SMARTS) is 1. The van der Waals surface area contributed by atoms with Crippen molar-refractivity contribution in [1.29, 1.82) is 0 Å². The van der Waals surface area contributed by atoms with Crippen LogP contribution in [0.5, 0.6) is 0 Å². The molecule has 0 radical (unpaired) electrons. The summed E-state index contributed by atoms with van der Waals surface area (Å²) in [5, 5.41) is 11.2. The van der Waals surface area contributed by atoms with Gasteiger partial charge < -0.3 is 10.0 Å². The Morgan fingerprint density at radius 2 is 2.00 bits per heavy atom. The van der Waals surface area contributed by atoms with E-state index in [0.29, 0.717) is 35.1 Å². The highest BCUT2D eigenvalue weighted by Gasteiger charge is 2.40. The molecule has 6 heteroatoms. The van der Waals surface area contributed by atoms with Crippen LogP contribution in [-0.4, -0.2) is 29.1 Å². The van der Waals surface area contributed by atoms with Crippen molar-refractivity contribution in [2.45, 2.75) is 13.3 Å². The largest absolute Gasteiger partial charge is 0.481 e. The van der Waals surface area contributed by atoms with Gasteiger partial charge in [-0.1, -0.05) is 23.2 Å². The average molecular weight is 325 g/mol. The summed E-state index contributed by atoms with van der Waals surface area (Å²) in [6.45, 7) is 2.87. The van der Waals surface area contributed by atoms with E-state index in [2.05, 4.69) is 4.98 Å². The van der Waals surface area contributed by atoms with Crippen LogP contribution in [0.4, 0.5) is 5.82 Å². The van der Waals surface area contributed by atoms with Crippen LogP contribution in [0.3, 0.4) is 0 Å². The molecule has 1 aliphatic rings. The van der Waals surface area contributed by atoms with Crippen LogP contribution in [0.2, 0.25) is 10.0 Å². The summed E-state index contributed by atoms with van der Waals surface area (Å²) in [6.07, 6.45) is 0.603. The fraction of sp³-hybridized carbons (Fsp3) is 0.333. The normalized spacial score (nSPS) is 22.0. The molecule has 0 saturated carbocycles. The van der Waals surface area contributed by atoms with E-state index < -0.39 is 11.4 Å². The molecule has 0 bridgehead atoms. The van der Waals surface area contributed by atoms with Crippen molar-refractivity contribution in [2.24, 2.45) is 5.41 Å². The number of carboxylic acids is 1. The van der Waals surface area contributed by atoms with Gasteiger partial charge in [-0.3, -0.25) is 4.79 Å². The van der Waals surface area contributed by atoms with Gasteiger partial charge in [0, 0.05) is 18.5 Å². The van der Waals surface area contributed by atoms with Gasteiger partial charge in [0.1, 0.15) is 5.82 Å². The molecule has 21 heavy (non-hydrogen) atoms. The van der Waals surface area contributed by atoms with Crippen LogP contribution >= 0.6 is 23.2 Å². The second-order valence-corrected chi connectivity index (χ2v) is 6.45. The molecule has 1 N–H and O–H groups in total. The average Bonchev–Trinajstić information content (AvgIpc) is 2.87. The molecular weight excluding hydrogens is 311 g/mol. The third kappa shape index (κ3) is 2.43. The predicted molar refractivity (Wildman–Crippen MR) is 84.3 cm³/mol. The van der Waals surface area contributed by atoms with E-state index in [4.69, 9.17) is 23.2 Å². The molecule has 0 aliphatic carbocycles.